The Bertz CT molecular complexity index is 1130. The largest absolute Gasteiger partial charge is 0.339 e. The Kier molecular flexibility index (Phi) is 5.42. The summed E-state index contributed by atoms with van der Waals surface area (Å²) in [7, 11) is -3.67. The number of rotatable bonds is 4. The number of aromatic nitrogens is 2. The van der Waals surface area contributed by atoms with Gasteiger partial charge in [-0.3, -0.25) is 0 Å². The minimum absolute atomic E-state index is 0.172. The van der Waals surface area contributed by atoms with Gasteiger partial charge in [0.05, 0.1) is 10.8 Å². The summed E-state index contributed by atoms with van der Waals surface area (Å²) in [5.41, 5.74) is 1.46. The molecule has 2 heterocycles. The second-order valence-electron chi connectivity index (χ2n) is 7.08. The number of benzene rings is 2. The molecule has 0 radical (unpaired) electrons. The van der Waals surface area contributed by atoms with Crippen LogP contribution in [0.5, 0.6) is 0 Å². The monoisotopic (exact) mass is 435 g/mol. The lowest BCUT2D eigenvalue weighted by Crippen LogP contribution is -2.39. The van der Waals surface area contributed by atoms with Gasteiger partial charge < -0.3 is 4.52 Å². The quantitative estimate of drug-likeness (QED) is 0.606. The molecule has 9 heteroatoms. The van der Waals surface area contributed by atoms with Crippen LogP contribution in [0.4, 0.5) is 4.39 Å². The molecule has 0 amide bonds. The summed E-state index contributed by atoms with van der Waals surface area (Å²) in [6.07, 6.45) is 1.42. The molecule has 4 rings (SSSR count). The van der Waals surface area contributed by atoms with E-state index in [0.29, 0.717) is 35.3 Å². The van der Waals surface area contributed by atoms with Gasteiger partial charge in [-0.2, -0.15) is 9.29 Å². The molecule has 1 fully saturated rings. The molecular formula is C20H19ClFN3O3S. The van der Waals surface area contributed by atoms with Crippen LogP contribution in [0, 0.1) is 12.7 Å². The molecule has 1 aliphatic rings. The van der Waals surface area contributed by atoms with Gasteiger partial charge in [0.2, 0.25) is 21.7 Å². The first-order chi connectivity index (χ1) is 13.8. The van der Waals surface area contributed by atoms with Gasteiger partial charge in [0.1, 0.15) is 5.82 Å². The van der Waals surface area contributed by atoms with E-state index in [1.165, 1.54) is 22.5 Å². The van der Waals surface area contributed by atoms with Crippen molar-refractivity contribution in [3.63, 3.8) is 0 Å². The first-order valence-corrected chi connectivity index (χ1v) is 11.0. The third kappa shape index (κ3) is 4.05. The van der Waals surface area contributed by atoms with Crippen LogP contribution in [0.25, 0.3) is 11.4 Å². The average molecular weight is 436 g/mol. The Morgan fingerprint density at radius 3 is 2.69 bits per heavy atom. The number of piperidine rings is 1. The van der Waals surface area contributed by atoms with Crippen molar-refractivity contribution in [3.05, 3.63) is 64.8 Å². The van der Waals surface area contributed by atoms with E-state index in [0.717, 1.165) is 12.0 Å². The molecule has 3 aromatic rings. The van der Waals surface area contributed by atoms with Crippen LogP contribution in [-0.2, 0) is 10.0 Å². The molecule has 0 N–H and O–H groups in total. The minimum Gasteiger partial charge on any atom is -0.339 e. The van der Waals surface area contributed by atoms with Gasteiger partial charge >= 0.3 is 0 Å². The van der Waals surface area contributed by atoms with Crippen molar-refractivity contribution in [2.75, 3.05) is 13.1 Å². The maximum absolute atomic E-state index is 13.1. The van der Waals surface area contributed by atoms with Crippen molar-refractivity contribution in [1.29, 1.82) is 0 Å². The van der Waals surface area contributed by atoms with Crippen LogP contribution >= 0.6 is 11.6 Å². The number of hydrogen-bond acceptors (Lipinski definition) is 5. The van der Waals surface area contributed by atoms with E-state index < -0.39 is 10.0 Å². The standard InChI is InChI=1S/C20H19ClFN3O3S/c1-13-4-9-17(11-18(13)21)29(26,27)25-10-2-3-15(12-25)20-23-19(24-28-20)14-5-7-16(22)8-6-14/h4-9,11,15H,2-3,10,12H2,1H3/t15-/m0/s1. The van der Waals surface area contributed by atoms with Gasteiger partial charge in [-0.1, -0.05) is 22.8 Å². The smallest absolute Gasteiger partial charge is 0.243 e. The maximum atomic E-state index is 13.1. The van der Waals surface area contributed by atoms with Crippen LogP contribution in [-0.4, -0.2) is 36.0 Å². The molecular weight excluding hydrogens is 417 g/mol. The van der Waals surface area contributed by atoms with Crippen LogP contribution < -0.4 is 0 Å². The minimum atomic E-state index is -3.67. The van der Waals surface area contributed by atoms with E-state index in [-0.39, 0.29) is 23.2 Å². The molecule has 0 aliphatic carbocycles. The summed E-state index contributed by atoms with van der Waals surface area (Å²) < 4.78 is 46.0. The number of sulfonamides is 1. The molecule has 1 aromatic heterocycles. The predicted octanol–water partition coefficient (Wildman–Crippen LogP) is 4.41. The SMILES string of the molecule is Cc1ccc(S(=O)(=O)N2CCC[C@H](c3nc(-c4ccc(F)cc4)no3)C2)cc1Cl. The zero-order valence-corrected chi connectivity index (χ0v) is 17.3. The second kappa shape index (κ2) is 7.85. The van der Waals surface area contributed by atoms with Gasteiger partial charge in [0.15, 0.2) is 0 Å². The van der Waals surface area contributed by atoms with Crippen LogP contribution in [0.3, 0.4) is 0 Å². The number of nitrogens with zero attached hydrogens (tertiary/aromatic N) is 3. The third-order valence-electron chi connectivity index (χ3n) is 5.06. The lowest BCUT2D eigenvalue weighted by Gasteiger charge is -2.30. The summed E-state index contributed by atoms with van der Waals surface area (Å²) in [6.45, 7) is 2.49. The molecule has 0 unspecified atom stereocenters. The summed E-state index contributed by atoms with van der Waals surface area (Å²) in [5.74, 6) is 0.180. The molecule has 1 saturated heterocycles. The Labute approximate surface area is 173 Å². The highest BCUT2D eigenvalue weighted by molar-refractivity contribution is 7.89. The molecule has 29 heavy (non-hydrogen) atoms. The van der Waals surface area contributed by atoms with E-state index >= 15 is 0 Å². The zero-order chi connectivity index (χ0) is 20.6. The highest BCUT2D eigenvalue weighted by atomic mass is 35.5. The van der Waals surface area contributed by atoms with Crippen molar-refractivity contribution < 1.29 is 17.3 Å². The average Bonchev–Trinajstić information content (AvgIpc) is 3.21. The van der Waals surface area contributed by atoms with Gasteiger partial charge in [0, 0.05) is 23.7 Å². The Hall–Kier alpha value is -2.29. The first-order valence-electron chi connectivity index (χ1n) is 9.20. The second-order valence-corrected chi connectivity index (χ2v) is 9.42. The molecule has 2 aromatic carbocycles. The summed E-state index contributed by atoms with van der Waals surface area (Å²) in [4.78, 5) is 4.58. The van der Waals surface area contributed by atoms with E-state index in [9.17, 15) is 12.8 Å². The van der Waals surface area contributed by atoms with Crippen molar-refractivity contribution in [2.45, 2.75) is 30.6 Å². The topological polar surface area (TPSA) is 76.3 Å². The fourth-order valence-corrected chi connectivity index (χ4v) is 5.16. The fraction of sp³-hybridized carbons (Fsp3) is 0.300. The van der Waals surface area contributed by atoms with Crippen molar-refractivity contribution in [2.24, 2.45) is 0 Å². The number of aryl methyl sites for hydroxylation is 1. The molecule has 1 atom stereocenters. The van der Waals surface area contributed by atoms with Crippen molar-refractivity contribution >= 4 is 21.6 Å². The zero-order valence-electron chi connectivity index (χ0n) is 15.7. The van der Waals surface area contributed by atoms with Crippen molar-refractivity contribution in [1.82, 2.24) is 14.4 Å². The van der Waals surface area contributed by atoms with Gasteiger partial charge in [0.25, 0.3) is 0 Å². The summed E-state index contributed by atoms with van der Waals surface area (Å²) in [5, 5.41) is 4.38. The van der Waals surface area contributed by atoms with Gasteiger partial charge in [-0.15, -0.1) is 0 Å². The molecule has 152 valence electrons. The normalized spacial score (nSPS) is 18.1. The Morgan fingerprint density at radius 1 is 1.21 bits per heavy atom. The van der Waals surface area contributed by atoms with Gasteiger partial charge in [-0.05, 0) is 61.7 Å². The van der Waals surface area contributed by atoms with Crippen molar-refractivity contribution in [3.8, 4) is 11.4 Å². The number of hydrogen-bond donors (Lipinski definition) is 0. The lowest BCUT2D eigenvalue weighted by molar-refractivity contribution is 0.265. The van der Waals surface area contributed by atoms with E-state index in [1.807, 2.05) is 6.92 Å². The Balaban J connectivity index is 1.55. The molecule has 0 spiro atoms. The van der Waals surface area contributed by atoms with Crippen LogP contribution in [0.2, 0.25) is 5.02 Å². The summed E-state index contributed by atoms with van der Waals surface area (Å²) in [6, 6.07) is 10.5. The van der Waals surface area contributed by atoms with Crippen LogP contribution in [0.1, 0.15) is 30.2 Å². The Morgan fingerprint density at radius 2 is 1.97 bits per heavy atom. The number of halogens is 2. The lowest BCUT2D eigenvalue weighted by atomic mass is 10.00. The highest BCUT2D eigenvalue weighted by Gasteiger charge is 2.33. The first kappa shape index (κ1) is 20.0. The van der Waals surface area contributed by atoms with E-state index in [2.05, 4.69) is 10.1 Å². The maximum Gasteiger partial charge on any atom is 0.243 e. The molecule has 1 aliphatic heterocycles. The molecule has 6 nitrogen and oxygen atoms in total. The molecule has 0 bridgehead atoms. The van der Waals surface area contributed by atoms with E-state index in [4.69, 9.17) is 16.1 Å². The highest BCUT2D eigenvalue weighted by Crippen LogP contribution is 2.31. The third-order valence-corrected chi connectivity index (χ3v) is 7.33. The van der Waals surface area contributed by atoms with Crippen LogP contribution in [0.15, 0.2) is 51.9 Å². The fourth-order valence-electron chi connectivity index (χ4n) is 3.36. The molecule has 0 saturated carbocycles. The van der Waals surface area contributed by atoms with E-state index in [1.54, 1.807) is 24.3 Å². The summed E-state index contributed by atoms with van der Waals surface area (Å²) >= 11 is 6.11. The predicted molar refractivity (Wildman–Crippen MR) is 107 cm³/mol. The van der Waals surface area contributed by atoms with Gasteiger partial charge in [-0.25, -0.2) is 12.8 Å².